The van der Waals surface area contributed by atoms with E-state index < -0.39 is 29.6 Å². The Balaban J connectivity index is 1.74. The monoisotopic (exact) mass is 459 g/mol. The fourth-order valence-corrected chi connectivity index (χ4v) is 3.33. The van der Waals surface area contributed by atoms with Crippen LogP contribution in [-0.2, 0) is 15.8 Å². The van der Waals surface area contributed by atoms with Gasteiger partial charge in [0.2, 0.25) is 0 Å². The van der Waals surface area contributed by atoms with E-state index in [9.17, 15) is 27.6 Å². The van der Waals surface area contributed by atoms with Crippen molar-refractivity contribution >= 4 is 41.2 Å². The smallest absolute Gasteiger partial charge is 0.317 e. The van der Waals surface area contributed by atoms with Crippen LogP contribution in [-0.4, -0.2) is 22.4 Å². The molecule has 0 atom stereocenters. The highest BCUT2D eigenvalue weighted by Gasteiger charge is 2.37. The molecule has 6 nitrogen and oxygen atoms in total. The van der Waals surface area contributed by atoms with Crippen LogP contribution in [0.1, 0.15) is 11.3 Å². The Bertz CT molecular complexity index is 1260. The van der Waals surface area contributed by atoms with Crippen molar-refractivity contribution in [3.63, 3.8) is 0 Å². The van der Waals surface area contributed by atoms with E-state index in [0.29, 0.717) is 5.02 Å². The Hall–Kier alpha value is -3.85. The van der Waals surface area contributed by atoms with Crippen LogP contribution in [0.5, 0.6) is 0 Å². The van der Waals surface area contributed by atoms with Crippen molar-refractivity contribution in [3.05, 3.63) is 88.7 Å². The topological polar surface area (TPSA) is 71.4 Å². The molecular formula is C22H13ClF3N3O3. The van der Waals surface area contributed by atoms with Crippen molar-refractivity contribution in [2.75, 3.05) is 4.90 Å². The number of nitrogens with zero attached hydrogens (tertiary/aromatic N) is 2. The van der Waals surface area contributed by atoms with Gasteiger partial charge in [-0.1, -0.05) is 17.7 Å². The Morgan fingerprint density at radius 3 is 2.31 bits per heavy atom. The van der Waals surface area contributed by atoms with Crippen molar-refractivity contribution in [1.29, 1.82) is 0 Å². The number of nitrogens with one attached hydrogen (secondary N) is 1. The Labute approximate surface area is 184 Å². The average molecular weight is 460 g/mol. The Kier molecular flexibility index (Phi) is 5.35. The number of carbonyl (C=O) groups excluding carboxylic acids is 3. The second-order valence-electron chi connectivity index (χ2n) is 6.79. The number of amides is 4. The number of hydrogen-bond acceptors (Lipinski definition) is 3. The van der Waals surface area contributed by atoms with Crippen LogP contribution in [0.25, 0.3) is 11.8 Å². The summed E-state index contributed by atoms with van der Waals surface area (Å²) in [4.78, 5) is 38.4. The van der Waals surface area contributed by atoms with Gasteiger partial charge in [-0.05, 0) is 60.7 Å². The van der Waals surface area contributed by atoms with Gasteiger partial charge in [-0.2, -0.15) is 13.2 Å². The number of halogens is 4. The summed E-state index contributed by atoms with van der Waals surface area (Å²) in [5.74, 6) is -1.79. The third-order valence-corrected chi connectivity index (χ3v) is 4.96. The molecule has 2 heterocycles. The van der Waals surface area contributed by atoms with Gasteiger partial charge < -0.3 is 4.57 Å². The number of benzene rings is 2. The van der Waals surface area contributed by atoms with Crippen molar-refractivity contribution in [2.45, 2.75) is 6.18 Å². The predicted molar refractivity (Wildman–Crippen MR) is 111 cm³/mol. The normalized spacial score (nSPS) is 15.9. The molecule has 0 aliphatic carbocycles. The molecule has 0 unspecified atom stereocenters. The lowest BCUT2D eigenvalue weighted by Gasteiger charge is -2.26. The fourth-order valence-electron chi connectivity index (χ4n) is 3.21. The lowest BCUT2D eigenvalue weighted by atomic mass is 10.1. The highest BCUT2D eigenvalue weighted by Crippen LogP contribution is 2.31. The molecule has 0 spiro atoms. The molecule has 1 fully saturated rings. The number of anilines is 1. The van der Waals surface area contributed by atoms with Crippen LogP contribution in [0, 0.1) is 0 Å². The molecule has 0 saturated carbocycles. The van der Waals surface area contributed by atoms with Gasteiger partial charge in [0.05, 0.1) is 11.3 Å². The number of carbonyl (C=O) groups is 3. The lowest BCUT2D eigenvalue weighted by molar-refractivity contribution is -0.137. The largest absolute Gasteiger partial charge is 0.416 e. The van der Waals surface area contributed by atoms with E-state index in [2.05, 4.69) is 5.32 Å². The zero-order valence-electron chi connectivity index (χ0n) is 16.1. The summed E-state index contributed by atoms with van der Waals surface area (Å²) in [5, 5.41) is 2.48. The minimum absolute atomic E-state index is 0.186. The zero-order chi connectivity index (χ0) is 23.0. The van der Waals surface area contributed by atoms with E-state index in [1.54, 1.807) is 6.07 Å². The van der Waals surface area contributed by atoms with Crippen LogP contribution in [0.3, 0.4) is 0 Å². The lowest BCUT2D eigenvalue weighted by Crippen LogP contribution is -2.54. The second-order valence-corrected chi connectivity index (χ2v) is 7.22. The molecule has 1 aliphatic rings. The number of barbiturate groups is 1. The van der Waals surface area contributed by atoms with Gasteiger partial charge >= 0.3 is 12.2 Å². The van der Waals surface area contributed by atoms with E-state index in [1.165, 1.54) is 59.3 Å². The van der Waals surface area contributed by atoms with E-state index in [0.717, 1.165) is 17.0 Å². The number of imide groups is 2. The van der Waals surface area contributed by atoms with E-state index >= 15 is 0 Å². The van der Waals surface area contributed by atoms with Gasteiger partial charge in [-0.15, -0.1) is 0 Å². The number of rotatable bonds is 3. The van der Waals surface area contributed by atoms with Gasteiger partial charge in [0.1, 0.15) is 5.57 Å². The van der Waals surface area contributed by atoms with Gasteiger partial charge in [0, 0.05) is 22.6 Å². The molecule has 1 aromatic heterocycles. The van der Waals surface area contributed by atoms with E-state index in [1.807, 2.05) is 0 Å². The van der Waals surface area contributed by atoms with Crippen molar-refractivity contribution in [1.82, 2.24) is 9.88 Å². The molecule has 4 amide bonds. The van der Waals surface area contributed by atoms with Crippen LogP contribution >= 0.6 is 11.6 Å². The molecule has 1 N–H and O–H groups in total. The van der Waals surface area contributed by atoms with Gasteiger partial charge in [-0.25, -0.2) is 9.69 Å². The minimum Gasteiger partial charge on any atom is -0.317 e. The highest BCUT2D eigenvalue weighted by atomic mass is 35.5. The van der Waals surface area contributed by atoms with Crippen LogP contribution in [0.2, 0.25) is 5.02 Å². The first-order valence-corrected chi connectivity index (χ1v) is 9.55. The first-order chi connectivity index (χ1) is 15.1. The molecule has 0 radical (unpaired) electrons. The Morgan fingerprint density at radius 1 is 0.906 bits per heavy atom. The fraction of sp³-hybridized carbons (Fsp3) is 0.0455. The molecule has 1 saturated heterocycles. The molecule has 0 bridgehead atoms. The van der Waals surface area contributed by atoms with Crippen molar-refractivity contribution in [3.8, 4) is 5.69 Å². The standard InChI is InChI=1S/C22H13ClF3N3O3/c23-14-6-8-15(9-7-14)29-20(31)18(19(30)27-21(29)32)12-17-5-2-10-28(17)16-4-1-3-13(11-16)22(24,25)26/h1-12H,(H,27,30,32)/b18-12+. The second kappa shape index (κ2) is 8.01. The molecular weight excluding hydrogens is 447 g/mol. The summed E-state index contributed by atoms with van der Waals surface area (Å²) in [5.41, 5.74) is -0.539. The maximum atomic E-state index is 13.1. The van der Waals surface area contributed by atoms with Crippen molar-refractivity contribution < 1.29 is 27.6 Å². The maximum absolute atomic E-state index is 13.1. The third kappa shape index (κ3) is 4.02. The number of alkyl halides is 3. The first kappa shape index (κ1) is 21.4. The summed E-state index contributed by atoms with van der Waals surface area (Å²) in [6.07, 6.45) is -1.82. The van der Waals surface area contributed by atoms with Gasteiger partial charge in [-0.3, -0.25) is 14.9 Å². The summed E-state index contributed by atoms with van der Waals surface area (Å²) in [6.45, 7) is 0. The van der Waals surface area contributed by atoms with Crippen LogP contribution < -0.4 is 10.2 Å². The van der Waals surface area contributed by atoms with Crippen molar-refractivity contribution in [2.24, 2.45) is 0 Å². The van der Waals surface area contributed by atoms with E-state index in [4.69, 9.17) is 11.6 Å². The summed E-state index contributed by atoms with van der Waals surface area (Å²) >= 11 is 5.84. The van der Waals surface area contributed by atoms with Crippen LogP contribution in [0.4, 0.5) is 23.7 Å². The van der Waals surface area contributed by atoms with E-state index in [-0.39, 0.29) is 22.6 Å². The molecule has 3 aromatic rings. The number of urea groups is 1. The number of hydrogen-bond donors (Lipinski definition) is 1. The third-order valence-electron chi connectivity index (χ3n) is 4.71. The molecule has 1 aliphatic heterocycles. The molecule has 4 rings (SSSR count). The summed E-state index contributed by atoms with van der Waals surface area (Å²) in [6, 6.07) is 12.6. The minimum atomic E-state index is -4.53. The molecule has 32 heavy (non-hydrogen) atoms. The molecule has 162 valence electrons. The molecule has 2 aromatic carbocycles. The quantitative estimate of drug-likeness (QED) is 0.451. The first-order valence-electron chi connectivity index (χ1n) is 9.17. The number of aromatic nitrogens is 1. The zero-order valence-corrected chi connectivity index (χ0v) is 16.8. The maximum Gasteiger partial charge on any atom is 0.416 e. The molecule has 10 heteroatoms. The Morgan fingerprint density at radius 2 is 1.62 bits per heavy atom. The van der Waals surface area contributed by atoms with Gasteiger partial charge in [0.25, 0.3) is 11.8 Å². The summed E-state index contributed by atoms with van der Waals surface area (Å²) < 4.78 is 40.7. The highest BCUT2D eigenvalue weighted by molar-refractivity contribution is 6.39. The average Bonchev–Trinajstić information content (AvgIpc) is 3.20. The summed E-state index contributed by atoms with van der Waals surface area (Å²) in [7, 11) is 0. The predicted octanol–water partition coefficient (Wildman–Crippen LogP) is 4.82. The van der Waals surface area contributed by atoms with Gasteiger partial charge in [0.15, 0.2) is 0 Å². The van der Waals surface area contributed by atoms with Crippen LogP contribution in [0.15, 0.2) is 72.4 Å². The SMILES string of the molecule is O=C1NC(=O)N(c2ccc(Cl)cc2)C(=O)/C1=C/c1cccn1-c1cccc(C(F)(F)F)c1.